The van der Waals surface area contributed by atoms with Crippen LogP contribution < -0.4 is 10.6 Å². The first-order valence-electron chi connectivity index (χ1n) is 20.6. The van der Waals surface area contributed by atoms with E-state index in [1.807, 2.05) is 39.8 Å². The molecular formula is C41H70N7O9P. The maximum Gasteiger partial charge on any atom is 0.313 e. The van der Waals surface area contributed by atoms with Crippen molar-refractivity contribution in [3.05, 3.63) is 35.9 Å². The van der Waals surface area contributed by atoms with Crippen LogP contribution in [0.5, 0.6) is 0 Å². The Morgan fingerprint density at radius 2 is 1.66 bits per heavy atom. The number of amides is 3. The van der Waals surface area contributed by atoms with Gasteiger partial charge in [-0.05, 0) is 30.2 Å². The average Bonchev–Trinajstić information content (AvgIpc) is 3.67. The molecule has 2 aliphatic heterocycles. The average molecular weight is 836 g/mol. The SMILES string of the molecule is CC[C@H](C)[C@@H]([C@@H](CC(=O)N1CCC[C@H]1[C@H](OC)[C@@H](C)C(=O)N[C@@H](Cc1ccccc1)P(=O)(O)CC(=O)O)OC)N(C)C(=O)[C@@H](/N=C(\N(C)C)N1CCNCC1)C(C)C. The molecular weight excluding hydrogens is 765 g/mol. The number of aliphatic carboxylic acids is 1. The maximum atomic E-state index is 14.5. The van der Waals surface area contributed by atoms with Crippen molar-refractivity contribution in [2.24, 2.45) is 22.7 Å². The molecule has 0 aliphatic carbocycles. The highest BCUT2D eigenvalue weighted by molar-refractivity contribution is 7.59. The van der Waals surface area contributed by atoms with Gasteiger partial charge in [-0.15, -0.1) is 0 Å². The van der Waals surface area contributed by atoms with E-state index in [4.69, 9.17) is 14.5 Å². The number of guanidine groups is 1. The van der Waals surface area contributed by atoms with Crippen LogP contribution in [0.1, 0.15) is 65.9 Å². The van der Waals surface area contributed by atoms with Crippen molar-refractivity contribution >= 4 is 37.0 Å². The number of hydrogen-bond acceptors (Lipinski definition) is 9. The topological polar surface area (TPSA) is 194 Å². The number of carboxylic acid groups (broad SMARTS) is 1. The highest BCUT2D eigenvalue weighted by atomic mass is 31.2. The van der Waals surface area contributed by atoms with E-state index < -0.39 is 67.4 Å². The van der Waals surface area contributed by atoms with Gasteiger partial charge in [0.25, 0.3) is 0 Å². The number of carboxylic acids is 1. The lowest BCUT2D eigenvalue weighted by atomic mass is 9.89. The molecule has 2 heterocycles. The van der Waals surface area contributed by atoms with Crippen LogP contribution in [0.4, 0.5) is 0 Å². The van der Waals surface area contributed by atoms with E-state index in [1.54, 1.807) is 61.2 Å². The number of nitrogens with zero attached hydrogens (tertiary/aromatic N) is 5. The summed E-state index contributed by atoms with van der Waals surface area (Å²) in [5.41, 5.74) is 0.660. The largest absolute Gasteiger partial charge is 0.481 e. The van der Waals surface area contributed by atoms with Gasteiger partial charge in [-0.1, -0.05) is 71.4 Å². The molecule has 3 amide bonds. The van der Waals surface area contributed by atoms with Gasteiger partial charge < -0.3 is 49.7 Å². The van der Waals surface area contributed by atoms with Crippen LogP contribution in [0.15, 0.2) is 35.3 Å². The Morgan fingerprint density at radius 3 is 2.19 bits per heavy atom. The zero-order chi connectivity index (χ0) is 43.3. The second kappa shape index (κ2) is 22.7. The molecule has 1 aromatic carbocycles. The predicted octanol–water partition coefficient (Wildman–Crippen LogP) is 2.79. The van der Waals surface area contributed by atoms with Crippen LogP contribution in [0.25, 0.3) is 0 Å². The van der Waals surface area contributed by atoms with Gasteiger partial charge in [0, 0.05) is 74.5 Å². The Morgan fingerprint density at radius 1 is 1.02 bits per heavy atom. The van der Waals surface area contributed by atoms with Crippen molar-refractivity contribution in [3.8, 4) is 0 Å². The predicted molar refractivity (Wildman–Crippen MR) is 225 cm³/mol. The number of rotatable bonds is 20. The Hall–Kier alpha value is -3.56. The highest BCUT2D eigenvalue weighted by Crippen LogP contribution is 2.46. The molecule has 328 valence electrons. The number of carbonyl (C=O) groups is 4. The van der Waals surface area contributed by atoms with E-state index >= 15 is 0 Å². The van der Waals surface area contributed by atoms with E-state index in [0.717, 1.165) is 38.6 Å². The second-order valence-corrected chi connectivity index (χ2v) is 18.8. The summed E-state index contributed by atoms with van der Waals surface area (Å²) in [6.45, 7) is 13.4. The molecule has 9 atom stereocenters. The Kier molecular flexibility index (Phi) is 19.1. The van der Waals surface area contributed by atoms with E-state index in [9.17, 15) is 33.7 Å². The Labute approximate surface area is 345 Å². The first kappa shape index (κ1) is 48.8. The first-order chi connectivity index (χ1) is 27.4. The summed E-state index contributed by atoms with van der Waals surface area (Å²) in [6.07, 6.45) is -0.519. The van der Waals surface area contributed by atoms with E-state index in [1.165, 1.54) is 7.11 Å². The number of methoxy groups -OCH3 is 2. The van der Waals surface area contributed by atoms with Crippen molar-refractivity contribution in [2.45, 2.75) is 103 Å². The van der Waals surface area contributed by atoms with Gasteiger partial charge in [0.1, 0.15) is 18.0 Å². The van der Waals surface area contributed by atoms with Gasteiger partial charge in [-0.25, -0.2) is 4.99 Å². The summed E-state index contributed by atoms with van der Waals surface area (Å²) in [5, 5.41) is 15.4. The number of aliphatic imine (C=N–C) groups is 1. The first-order valence-corrected chi connectivity index (χ1v) is 22.5. The molecule has 58 heavy (non-hydrogen) atoms. The molecule has 0 spiro atoms. The van der Waals surface area contributed by atoms with Gasteiger partial charge in [0.05, 0.1) is 36.6 Å². The number of hydrogen-bond donors (Lipinski definition) is 4. The van der Waals surface area contributed by atoms with Crippen LogP contribution in [-0.2, 0) is 39.6 Å². The van der Waals surface area contributed by atoms with Crippen LogP contribution >= 0.6 is 7.37 Å². The highest BCUT2D eigenvalue weighted by Gasteiger charge is 2.44. The van der Waals surface area contributed by atoms with Gasteiger partial charge in [0.2, 0.25) is 25.1 Å². The van der Waals surface area contributed by atoms with Crippen molar-refractivity contribution in [1.29, 1.82) is 0 Å². The number of nitrogens with one attached hydrogen (secondary N) is 2. The zero-order valence-corrected chi connectivity index (χ0v) is 37.2. The fraction of sp³-hybridized carbons (Fsp3) is 0.732. The van der Waals surface area contributed by atoms with Gasteiger partial charge in [-0.3, -0.25) is 23.7 Å². The third kappa shape index (κ3) is 13.0. The van der Waals surface area contributed by atoms with E-state index in [0.29, 0.717) is 24.9 Å². The summed E-state index contributed by atoms with van der Waals surface area (Å²) in [4.78, 5) is 77.6. The monoisotopic (exact) mass is 835 g/mol. The Balaban J connectivity index is 1.84. The van der Waals surface area contributed by atoms with Gasteiger partial charge >= 0.3 is 5.97 Å². The zero-order valence-electron chi connectivity index (χ0n) is 36.3. The number of ether oxygens (including phenoxy) is 2. The van der Waals surface area contributed by atoms with Crippen LogP contribution in [-0.4, -0.2) is 170 Å². The maximum absolute atomic E-state index is 14.5. The van der Waals surface area contributed by atoms with Gasteiger partial charge in [-0.2, -0.15) is 0 Å². The van der Waals surface area contributed by atoms with Crippen molar-refractivity contribution in [2.75, 3.05) is 74.2 Å². The summed E-state index contributed by atoms with van der Waals surface area (Å²) in [6, 6.07) is 7.18. The lowest BCUT2D eigenvalue weighted by Crippen LogP contribution is -2.55. The molecule has 2 saturated heterocycles. The molecule has 2 aliphatic rings. The lowest BCUT2D eigenvalue weighted by molar-refractivity contribution is -0.146. The second-order valence-electron chi connectivity index (χ2n) is 16.4. The summed E-state index contributed by atoms with van der Waals surface area (Å²) >= 11 is 0. The molecule has 0 radical (unpaired) electrons. The minimum atomic E-state index is -4.39. The van der Waals surface area contributed by atoms with Crippen molar-refractivity contribution in [1.82, 2.24) is 30.2 Å². The third-order valence-electron chi connectivity index (χ3n) is 11.6. The molecule has 17 heteroatoms. The molecule has 2 fully saturated rings. The van der Waals surface area contributed by atoms with Crippen LogP contribution in [0.2, 0.25) is 0 Å². The molecule has 4 N–H and O–H groups in total. The molecule has 16 nitrogen and oxygen atoms in total. The molecule has 0 aromatic heterocycles. The Bertz CT molecular complexity index is 1580. The van der Waals surface area contributed by atoms with Crippen molar-refractivity contribution < 1.29 is 43.2 Å². The molecule has 3 rings (SSSR count). The molecule has 1 aromatic rings. The number of benzene rings is 1. The quantitative estimate of drug-likeness (QED) is 0.0855. The summed E-state index contributed by atoms with van der Waals surface area (Å²) in [5.74, 6) is -3.97. The fourth-order valence-electron chi connectivity index (χ4n) is 8.20. The lowest BCUT2D eigenvalue weighted by Gasteiger charge is -2.40. The number of piperazine rings is 1. The third-order valence-corrected chi connectivity index (χ3v) is 13.6. The molecule has 1 unspecified atom stereocenters. The normalized spacial score (nSPS) is 21.0. The number of likely N-dealkylation sites (N-methyl/N-ethyl adjacent to an activating group) is 1. The minimum Gasteiger partial charge on any atom is -0.481 e. The molecule has 0 saturated carbocycles. The summed E-state index contributed by atoms with van der Waals surface area (Å²) in [7, 11) is 4.28. The van der Waals surface area contributed by atoms with Crippen molar-refractivity contribution in [3.63, 3.8) is 0 Å². The fourth-order valence-corrected chi connectivity index (χ4v) is 9.64. The summed E-state index contributed by atoms with van der Waals surface area (Å²) < 4.78 is 25.3. The van der Waals surface area contributed by atoms with Crippen LogP contribution in [0, 0.1) is 17.8 Å². The standard InChI is InChI=1S/C41H70N7O9P/c1-11-28(4)37(46(8)40(53)36(27(2)3)44-41(45(6)7)47-22-19-42-20-23-47)32(56-9)25-34(49)48-21-15-18-31(48)38(57-10)29(5)39(52)43-33(58(54,55)26-35(50)51)24-30-16-13-12-14-17-30/h12-14,16-17,27-29,31-33,36-38,42H,11,15,18-26H2,1-10H3,(H,43,52)(H,50,51)(H,54,55)/b44-41+/t28-,29+,31-,32+,33+,36-,37-,38+/m0/s1. The number of carbonyl (C=O) groups excluding carboxylic acids is 3. The van der Waals surface area contributed by atoms with E-state index in [-0.39, 0.29) is 36.5 Å². The smallest absolute Gasteiger partial charge is 0.313 e. The number of likely N-dealkylation sites (tertiary alicyclic amines) is 1. The van der Waals surface area contributed by atoms with Crippen LogP contribution in [0.3, 0.4) is 0 Å². The minimum absolute atomic E-state index is 0.0159. The molecule has 0 bridgehead atoms. The van der Waals surface area contributed by atoms with E-state index in [2.05, 4.69) is 22.5 Å². The van der Waals surface area contributed by atoms with Gasteiger partial charge in [0.15, 0.2) is 5.96 Å².